The summed E-state index contributed by atoms with van der Waals surface area (Å²) in [6.07, 6.45) is -2.17. The van der Waals surface area contributed by atoms with Gasteiger partial charge in [-0.05, 0) is 24.3 Å². The van der Waals surface area contributed by atoms with Gasteiger partial charge in [-0.25, -0.2) is 0 Å². The highest BCUT2D eigenvalue weighted by atomic mass is 16.6. The number of carbonyl (C=O) groups excluding carboxylic acids is 2. The lowest BCUT2D eigenvalue weighted by Crippen LogP contribution is -2.39. The highest BCUT2D eigenvalue weighted by Gasteiger charge is 2.42. The third kappa shape index (κ3) is 3.03. The molecule has 2 aromatic rings. The van der Waals surface area contributed by atoms with Crippen LogP contribution in [0.4, 0.5) is 0 Å². The molecule has 26 heavy (non-hydrogen) atoms. The van der Waals surface area contributed by atoms with Gasteiger partial charge in [0.05, 0.1) is 7.11 Å². The van der Waals surface area contributed by atoms with Crippen molar-refractivity contribution >= 4 is 11.8 Å². The van der Waals surface area contributed by atoms with E-state index in [9.17, 15) is 19.8 Å². The summed E-state index contributed by atoms with van der Waals surface area (Å²) in [5.74, 6) is -1.08. The SMILES string of the molecule is CCC(=O)OC1C(=O)c2c(O)cccc2OC1c1ccc(OC)c(O)c1. The van der Waals surface area contributed by atoms with E-state index in [0.29, 0.717) is 5.56 Å². The van der Waals surface area contributed by atoms with Crippen LogP contribution in [0.15, 0.2) is 36.4 Å². The predicted molar refractivity (Wildman–Crippen MR) is 90.6 cm³/mol. The van der Waals surface area contributed by atoms with Gasteiger partial charge in [-0.1, -0.05) is 19.1 Å². The van der Waals surface area contributed by atoms with Crippen molar-refractivity contribution in [3.05, 3.63) is 47.5 Å². The molecule has 0 saturated heterocycles. The Morgan fingerprint density at radius 1 is 1.19 bits per heavy atom. The smallest absolute Gasteiger partial charge is 0.306 e. The molecule has 2 atom stereocenters. The van der Waals surface area contributed by atoms with E-state index in [1.165, 1.54) is 25.3 Å². The number of ketones is 1. The van der Waals surface area contributed by atoms with Gasteiger partial charge in [0.15, 0.2) is 17.6 Å². The van der Waals surface area contributed by atoms with Crippen LogP contribution < -0.4 is 9.47 Å². The van der Waals surface area contributed by atoms with Crippen LogP contribution in [0.3, 0.4) is 0 Å². The van der Waals surface area contributed by atoms with Crippen LogP contribution >= 0.6 is 0 Å². The number of Topliss-reactive ketones (excluding diaryl/α,β-unsaturated/α-hetero) is 1. The largest absolute Gasteiger partial charge is 0.507 e. The lowest BCUT2D eigenvalue weighted by molar-refractivity contribution is -0.151. The molecule has 0 radical (unpaired) electrons. The molecule has 3 rings (SSSR count). The van der Waals surface area contributed by atoms with Crippen molar-refractivity contribution in [1.29, 1.82) is 0 Å². The number of rotatable bonds is 4. The minimum absolute atomic E-state index is 0.0320. The Balaban J connectivity index is 2.07. The standard InChI is InChI=1S/C19H18O7/c1-3-15(22)26-19-17(23)16-11(20)5-4-6-14(16)25-18(19)10-7-8-13(24-2)12(21)9-10/h4-9,18-21H,3H2,1-2H3. The second kappa shape index (κ2) is 6.95. The lowest BCUT2D eigenvalue weighted by Gasteiger charge is -2.32. The maximum absolute atomic E-state index is 12.9. The monoisotopic (exact) mass is 358 g/mol. The number of methoxy groups -OCH3 is 1. The zero-order valence-corrected chi connectivity index (χ0v) is 14.3. The first kappa shape index (κ1) is 17.6. The van der Waals surface area contributed by atoms with Gasteiger partial charge in [-0.15, -0.1) is 0 Å². The van der Waals surface area contributed by atoms with Crippen LogP contribution in [0.2, 0.25) is 0 Å². The number of ether oxygens (including phenoxy) is 3. The van der Waals surface area contributed by atoms with Gasteiger partial charge in [0, 0.05) is 12.0 Å². The van der Waals surface area contributed by atoms with E-state index in [1.807, 2.05) is 0 Å². The Labute approximate surface area is 149 Å². The van der Waals surface area contributed by atoms with Crippen LogP contribution in [-0.2, 0) is 9.53 Å². The van der Waals surface area contributed by atoms with Gasteiger partial charge in [0.1, 0.15) is 17.1 Å². The molecule has 0 bridgehead atoms. The topological polar surface area (TPSA) is 102 Å². The summed E-state index contributed by atoms with van der Waals surface area (Å²) >= 11 is 0. The van der Waals surface area contributed by atoms with E-state index in [-0.39, 0.29) is 35.0 Å². The molecule has 2 unspecified atom stereocenters. The van der Waals surface area contributed by atoms with Crippen LogP contribution in [0, 0.1) is 0 Å². The third-order valence-electron chi connectivity index (χ3n) is 4.12. The summed E-state index contributed by atoms with van der Waals surface area (Å²) in [6, 6.07) is 8.96. The van der Waals surface area contributed by atoms with Crippen molar-refractivity contribution < 1.29 is 34.0 Å². The number of benzene rings is 2. The zero-order chi connectivity index (χ0) is 18.8. The first-order valence-electron chi connectivity index (χ1n) is 8.05. The van der Waals surface area contributed by atoms with Crippen LogP contribution in [0.5, 0.6) is 23.0 Å². The van der Waals surface area contributed by atoms with Gasteiger partial charge < -0.3 is 24.4 Å². The summed E-state index contributed by atoms with van der Waals surface area (Å²) in [7, 11) is 1.42. The lowest BCUT2D eigenvalue weighted by atomic mass is 9.92. The molecule has 0 spiro atoms. The number of hydrogen-bond acceptors (Lipinski definition) is 7. The fourth-order valence-electron chi connectivity index (χ4n) is 2.81. The van der Waals surface area contributed by atoms with E-state index in [2.05, 4.69) is 0 Å². The summed E-state index contributed by atoms with van der Waals surface area (Å²) in [5.41, 5.74) is 0.398. The number of phenols is 2. The molecule has 0 aliphatic carbocycles. The third-order valence-corrected chi connectivity index (χ3v) is 4.12. The van der Waals surface area contributed by atoms with E-state index in [4.69, 9.17) is 14.2 Å². The molecule has 2 aromatic carbocycles. The molecule has 7 heteroatoms. The molecule has 0 fully saturated rings. The van der Waals surface area contributed by atoms with Crippen LogP contribution in [0.1, 0.15) is 35.4 Å². The fraction of sp³-hybridized carbons (Fsp3) is 0.263. The second-order valence-corrected chi connectivity index (χ2v) is 5.75. The molecule has 1 heterocycles. The molecular formula is C19H18O7. The van der Waals surface area contributed by atoms with Gasteiger partial charge in [-0.2, -0.15) is 0 Å². The Hall–Kier alpha value is -3.22. The summed E-state index contributed by atoms with van der Waals surface area (Å²) in [5, 5.41) is 20.0. The van der Waals surface area contributed by atoms with Crippen molar-refractivity contribution in [3.63, 3.8) is 0 Å². The normalized spacial score (nSPS) is 18.6. The van der Waals surface area contributed by atoms with E-state index in [1.54, 1.807) is 25.1 Å². The molecule has 136 valence electrons. The second-order valence-electron chi connectivity index (χ2n) is 5.75. The van der Waals surface area contributed by atoms with Gasteiger partial charge in [0.2, 0.25) is 11.9 Å². The molecule has 0 saturated carbocycles. The average Bonchev–Trinajstić information content (AvgIpc) is 2.63. The first-order chi connectivity index (χ1) is 12.5. The van der Waals surface area contributed by atoms with E-state index in [0.717, 1.165) is 0 Å². The van der Waals surface area contributed by atoms with Crippen LogP contribution in [-0.4, -0.2) is 35.2 Å². The predicted octanol–water partition coefficient (Wildman–Crippen LogP) is 2.74. The van der Waals surface area contributed by atoms with E-state index >= 15 is 0 Å². The minimum Gasteiger partial charge on any atom is -0.507 e. The number of aromatic hydroxyl groups is 2. The number of esters is 1. The summed E-state index contributed by atoms with van der Waals surface area (Å²) < 4.78 is 16.1. The van der Waals surface area contributed by atoms with Gasteiger partial charge >= 0.3 is 5.97 Å². The number of fused-ring (bicyclic) bond motifs is 1. The first-order valence-corrected chi connectivity index (χ1v) is 8.05. The zero-order valence-electron chi connectivity index (χ0n) is 14.3. The number of carbonyl (C=O) groups is 2. The van der Waals surface area contributed by atoms with Gasteiger partial charge in [0.25, 0.3) is 0 Å². The Bertz CT molecular complexity index is 859. The molecule has 0 aromatic heterocycles. The number of hydrogen-bond donors (Lipinski definition) is 2. The van der Waals surface area contributed by atoms with Crippen molar-refractivity contribution in [2.45, 2.75) is 25.6 Å². The summed E-state index contributed by atoms with van der Waals surface area (Å²) in [6.45, 7) is 1.61. The fourth-order valence-corrected chi connectivity index (χ4v) is 2.81. The quantitative estimate of drug-likeness (QED) is 0.810. The maximum Gasteiger partial charge on any atom is 0.306 e. The van der Waals surface area contributed by atoms with Gasteiger partial charge in [-0.3, -0.25) is 9.59 Å². The summed E-state index contributed by atoms with van der Waals surface area (Å²) in [4.78, 5) is 24.7. The average molecular weight is 358 g/mol. The molecule has 7 nitrogen and oxygen atoms in total. The molecular weight excluding hydrogens is 340 g/mol. The van der Waals surface area contributed by atoms with Crippen molar-refractivity contribution in [2.75, 3.05) is 7.11 Å². The maximum atomic E-state index is 12.9. The van der Waals surface area contributed by atoms with Crippen molar-refractivity contribution in [2.24, 2.45) is 0 Å². The molecule has 1 aliphatic rings. The Morgan fingerprint density at radius 2 is 1.96 bits per heavy atom. The highest BCUT2D eigenvalue weighted by molar-refractivity contribution is 6.06. The minimum atomic E-state index is -1.28. The highest BCUT2D eigenvalue weighted by Crippen LogP contribution is 2.41. The van der Waals surface area contributed by atoms with Crippen LogP contribution in [0.25, 0.3) is 0 Å². The van der Waals surface area contributed by atoms with Crippen molar-refractivity contribution in [3.8, 4) is 23.0 Å². The molecule has 2 N–H and O–H groups in total. The molecule has 1 aliphatic heterocycles. The van der Waals surface area contributed by atoms with Crippen molar-refractivity contribution in [1.82, 2.24) is 0 Å². The molecule has 0 amide bonds. The number of phenolic OH excluding ortho intramolecular Hbond substituents is 2. The Morgan fingerprint density at radius 3 is 2.62 bits per heavy atom. The van der Waals surface area contributed by atoms with E-state index < -0.39 is 24.0 Å². The Kier molecular flexibility index (Phi) is 4.71.